The number of carbonyl (C=O) groups is 1. The number of non-ortho nitro benzene ring substituents is 1. The zero-order chi connectivity index (χ0) is 25.0. The number of nitro groups is 1. The maximum Gasteiger partial charge on any atom is 0.277 e. The van der Waals surface area contributed by atoms with Gasteiger partial charge in [-0.3, -0.25) is 24.8 Å². The summed E-state index contributed by atoms with van der Waals surface area (Å²) in [5, 5.41) is 30.7. The second-order valence-electron chi connectivity index (χ2n) is 8.87. The molecule has 1 aliphatic heterocycles. The van der Waals surface area contributed by atoms with Crippen molar-refractivity contribution in [3.8, 4) is 11.4 Å². The fraction of sp³-hybridized carbons (Fsp3) is 0.154. The molecule has 9 nitrogen and oxygen atoms in total. The zero-order valence-electron chi connectivity index (χ0n) is 18.8. The Morgan fingerprint density at radius 3 is 2.58 bits per heavy atom. The fourth-order valence-electron chi connectivity index (χ4n) is 5.17. The topological polar surface area (TPSA) is 130 Å². The number of carbonyl (C=O) groups excluding carboxylic acids is 1. The van der Waals surface area contributed by atoms with Crippen LogP contribution >= 0.6 is 11.3 Å². The second kappa shape index (κ2) is 8.35. The van der Waals surface area contributed by atoms with Gasteiger partial charge in [0, 0.05) is 46.2 Å². The van der Waals surface area contributed by atoms with Gasteiger partial charge < -0.3 is 10.4 Å². The number of anilines is 1. The number of para-hydroxylation sites is 1. The Bertz CT molecular complexity index is 1600. The van der Waals surface area contributed by atoms with E-state index in [4.69, 9.17) is 0 Å². The molecule has 10 heteroatoms. The van der Waals surface area contributed by atoms with Gasteiger partial charge in [-0.2, -0.15) is 0 Å². The van der Waals surface area contributed by atoms with E-state index in [1.807, 2.05) is 23.6 Å². The molecule has 3 N–H and O–H groups in total. The molecule has 4 aromatic rings. The van der Waals surface area contributed by atoms with Crippen LogP contribution in [0.15, 0.2) is 82.1 Å². The molecule has 2 aromatic carbocycles. The maximum atomic E-state index is 13.7. The van der Waals surface area contributed by atoms with Gasteiger partial charge in [-0.1, -0.05) is 24.3 Å². The lowest BCUT2D eigenvalue weighted by Crippen LogP contribution is -2.31. The smallest absolute Gasteiger partial charge is 0.277 e. The number of thiophene rings is 1. The Labute approximate surface area is 208 Å². The van der Waals surface area contributed by atoms with E-state index in [1.54, 1.807) is 35.6 Å². The molecule has 1 aliphatic carbocycles. The Morgan fingerprint density at radius 2 is 1.86 bits per heavy atom. The summed E-state index contributed by atoms with van der Waals surface area (Å²) in [6.45, 7) is 0. The van der Waals surface area contributed by atoms with Crippen LogP contribution in [0.25, 0.3) is 5.69 Å². The molecule has 0 fully saturated rings. The van der Waals surface area contributed by atoms with Crippen molar-refractivity contribution in [1.82, 2.24) is 9.78 Å². The summed E-state index contributed by atoms with van der Waals surface area (Å²) >= 11 is 1.59. The van der Waals surface area contributed by atoms with Gasteiger partial charge in [-0.05, 0) is 36.1 Å². The third kappa shape index (κ3) is 3.45. The molecular weight excluding hydrogens is 480 g/mol. The van der Waals surface area contributed by atoms with Crippen LogP contribution in [0.3, 0.4) is 0 Å². The number of H-pyrrole nitrogens is 1. The number of allylic oxidation sites excluding steroid dienone is 2. The molecule has 0 unspecified atom stereocenters. The summed E-state index contributed by atoms with van der Waals surface area (Å²) in [4.78, 5) is 39.4. The summed E-state index contributed by atoms with van der Waals surface area (Å²) in [5.41, 5.74) is 1.36. The molecule has 3 heterocycles. The van der Waals surface area contributed by atoms with E-state index < -0.39 is 16.4 Å². The number of benzene rings is 2. The highest BCUT2D eigenvalue weighted by atomic mass is 32.1. The number of phenols is 1. The van der Waals surface area contributed by atoms with Crippen molar-refractivity contribution >= 4 is 28.6 Å². The van der Waals surface area contributed by atoms with Crippen molar-refractivity contribution in [3.63, 3.8) is 0 Å². The average molecular weight is 501 g/mol. The molecule has 0 amide bonds. The van der Waals surface area contributed by atoms with Crippen LogP contribution in [-0.2, 0) is 4.79 Å². The minimum absolute atomic E-state index is 0.0208. The number of nitrogens with zero attached hydrogens (tertiary/aromatic N) is 2. The first-order chi connectivity index (χ1) is 17.4. The highest BCUT2D eigenvalue weighted by molar-refractivity contribution is 7.10. The number of ketones is 1. The third-order valence-corrected chi connectivity index (χ3v) is 7.82. The number of hydrogen-bond donors (Lipinski definition) is 3. The number of Topliss-reactive ketones (excluding diaryl/α,β-unsaturated/α-hetero) is 1. The van der Waals surface area contributed by atoms with Gasteiger partial charge in [0.25, 0.3) is 11.2 Å². The van der Waals surface area contributed by atoms with Crippen LogP contribution in [0.4, 0.5) is 11.5 Å². The normalized spacial score (nSPS) is 18.9. The number of nitrogens with one attached hydrogen (secondary N) is 2. The summed E-state index contributed by atoms with van der Waals surface area (Å²) < 4.78 is 1.37. The SMILES string of the molecule is O=C1C[C@H](c2cccs2)CC2=C1[C@@H](c1cc([N+](=O)[O-])ccc1O)c1c([nH]n(-c3ccccc3)c1=O)N2. The molecule has 0 saturated carbocycles. The molecule has 0 saturated heterocycles. The van der Waals surface area contributed by atoms with Gasteiger partial charge in [0.05, 0.1) is 22.1 Å². The zero-order valence-corrected chi connectivity index (χ0v) is 19.6. The minimum Gasteiger partial charge on any atom is -0.508 e. The lowest BCUT2D eigenvalue weighted by molar-refractivity contribution is -0.384. The quantitative estimate of drug-likeness (QED) is 0.273. The van der Waals surface area contributed by atoms with Crippen molar-refractivity contribution in [2.75, 3.05) is 5.32 Å². The maximum absolute atomic E-state index is 13.7. The standard InChI is InChI=1S/C26H20N4O5S/c31-19-9-8-16(30(34)35)13-17(19)22-23-18(11-14(12-20(23)32)21-7-4-10-36-21)27-25-24(22)26(33)29(28-25)15-5-2-1-3-6-15/h1-10,13-14,22,27-28,31H,11-12H2/t14-,22-/m1/s1. The predicted molar refractivity (Wildman–Crippen MR) is 135 cm³/mol. The van der Waals surface area contributed by atoms with Crippen molar-refractivity contribution in [2.45, 2.75) is 24.7 Å². The average Bonchev–Trinajstić information content (AvgIpc) is 3.52. The van der Waals surface area contributed by atoms with E-state index in [0.29, 0.717) is 29.2 Å². The fourth-order valence-corrected chi connectivity index (χ4v) is 6.00. The van der Waals surface area contributed by atoms with E-state index in [9.17, 15) is 24.8 Å². The number of aromatic amines is 1. The molecule has 6 rings (SSSR count). The Balaban J connectivity index is 1.57. The van der Waals surface area contributed by atoms with E-state index in [2.05, 4.69) is 10.4 Å². The van der Waals surface area contributed by atoms with Crippen LogP contribution in [0.5, 0.6) is 5.75 Å². The monoisotopic (exact) mass is 500 g/mol. The minimum atomic E-state index is -0.957. The Kier molecular flexibility index (Phi) is 5.11. The van der Waals surface area contributed by atoms with E-state index in [0.717, 1.165) is 4.88 Å². The summed E-state index contributed by atoms with van der Waals surface area (Å²) in [5.74, 6) is -0.951. The molecule has 0 bridgehead atoms. The predicted octanol–water partition coefficient (Wildman–Crippen LogP) is 4.80. The van der Waals surface area contributed by atoms with E-state index in [-0.39, 0.29) is 40.7 Å². The van der Waals surface area contributed by atoms with Crippen LogP contribution in [0, 0.1) is 10.1 Å². The molecular formula is C26H20N4O5S. The highest BCUT2D eigenvalue weighted by Gasteiger charge is 2.42. The number of fused-ring (bicyclic) bond motifs is 1. The van der Waals surface area contributed by atoms with Crippen LogP contribution < -0.4 is 10.9 Å². The first-order valence-corrected chi connectivity index (χ1v) is 12.2. The number of hydrogen-bond acceptors (Lipinski definition) is 7. The van der Waals surface area contributed by atoms with Crippen molar-refractivity contribution in [1.29, 1.82) is 0 Å². The largest absolute Gasteiger partial charge is 0.508 e. The number of phenolic OH excluding ortho intramolecular Hbond substituents is 1. The van der Waals surface area contributed by atoms with E-state index >= 15 is 0 Å². The molecule has 2 aliphatic rings. The number of rotatable bonds is 4. The van der Waals surface area contributed by atoms with Gasteiger partial charge in [-0.25, -0.2) is 4.68 Å². The van der Waals surface area contributed by atoms with Gasteiger partial charge in [0.15, 0.2) is 5.78 Å². The number of aromatic hydroxyl groups is 1. The lowest BCUT2D eigenvalue weighted by atomic mass is 9.73. The molecule has 2 atom stereocenters. The second-order valence-corrected chi connectivity index (χ2v) is 9.85. The number of nitro benzene ring substituents is 1. The number of aromatic nitrogens is 2. The van der Waals surface area contributed by atoms with Gasteiger partial charge in [-0.15, -0.1) is 11.3 Å². The van der Waals surface area contributed by atoms with Crippen LogP contribution in [0.2, 0.25) is 0 Å². The van der Waals surface area contributed by atoms with Crippen LogP contribution in [-0.4, -0.2) is 25.6 Å². The van der Waals surface area contributed by atoms with Crippen LogP contribution in [0.1, 0.15) is 40.7 Å². The van der Waals surface area contributed by atoms with Crippen molar-refractivity contribution in [3.05, 3.63) is 114 Å². The highest BCUT2D eigenvalue weighted by Crippen LogP contribution is 2.49. The van der Waals surface area contributed by atoms with Crippen molar-refractivity contribution in [2.24, 2.45) is 0 Å². The summed E-state index contributed by atoms with van der Waals surface area (Å²) in [6.07, 6.45) is 0.783. The summed E-state index contributed by atoms with van der Waals surface area (Å²) in [6, 6.07) is 16.6. The Morgan fingerprint density at radius 1 is 1.06 bits per heavy atom. The molecule has 0 spiro atoms. The lowest BCUT2D eigenvalue weighted by Gasteiger charge is -2.34. The molecule has 0 radical (unpaired) electrons. The molecule has 2 aromatic heterocycles. The molecule has 36 heavy (non-hydrogen) atoms. The van der Waals surface area contributed by atoms with Gasteiger partial charge >= 0.3 is 0 Å². The first kappa shape index (κ1) is 22.1. The van der Waals surface area contributed by atoms with Gasteiger partial charge in [0.2, 0.25) is 0 Å². The molecule has 180 valence electrons. The summed E-state index contributed by atoms with van der Waals surface area (Å²) in [7, 11) is 0. The van der Waals surface area contributed by atoms with E-state index in [1.165, 1.54) is 22.9 Å². The Hall–Kier alpha value is -4.44. The van der Waals surface area contributed by atoms with Crippen molar-refractivity contribution < 1.29 is 14.8 Å². The first-order valence-electron chi connectivity index (χ1n) is 11.4. The third-order valence-electron chi connectivity index (χ3n) is 6.78. The van der Waals surface area contributed by atoms with Gasteiger partial charge in [0.1, 0.15) is 11.6 Å².